The van der Waals surface area contributed by atoms with Gasteiger partial charge in [-0.1, -0.05) is 83.1 Å². The smallest absolute Gasteiger partial charge is 0.146 e. The van der Waals surface area contributed by atoms with E-state index >= 15 is 0 Å². The SMILES string of the molecule is CC(C)(C)c1cc(C(C)(C)c2ccccc2)cc(-n2n3c4ccccc4n23)c1O. The van der Waals surface area contributed by atoms with E-state index in [4.69, 9.17) is 0 Å². The van der Waals surface area contributed by atoms with E-state index in [2.05, 4.69) is 97.2 Å². The Kier molecular flexibility index (Phi) is 3.52. The van der Waals surface area contributed by atoms with Gasteiger partial charge in [-0.05, 0) is 34.7 Å². The fourth-order valence-corrected chi connectivity index (χ4v) is 4.22. The number of benzene rings is 3. The number of phenols is 1. The number of aromatic nitrogens is 3. The summed E-state index contributed by atoms with van der Waals surface area (Å²) in [5.74, 6) is 0.352. The molecule has 0 saturated heterocycles. The number of nitrogens with zero attached hydrogens (tertiary/aromatic N) is 3. The Labute approximate surface area is 170 Å². The summed E-state index contributed by atoms with van der Waals surface area (Å²) in [6.45, 7) is 10.9. The number of aromatic hydroxyl groups is 1. The molecule has 4 heteroatoms. The summed E-state index contributed by atoms with van der Waals surface area (Å²) in [6.07, 6.45) is 0. The molecule has 2 aromatic heterocycles. The van der Waals surface area contributed by atoms with Crippen LogP contribution in [0.25, 0.3) is 16.7 Å². The number of rotatable bonds is 3. The van der Waals surface area contributed by atoms with E-state index in [1.807, 2.05) is 18.2 Å². The number of hydrogen-bond acceptors (Lipinski definition) is 1. The summed E-state index contributed by atoms with van der Waals surface area (Å²) in [5, 5.41) is 11.2. The molecule has 0 aliphatic rings. The van der Waals surface area contributed by atoms with E-state index < -0.39 is 0 Å². The minimum atomic E-state index is -0.184. The van der Waals surface area contributed by atoms with Crippen molar-refractivity contribution in [3.05, 3.63) is 83.4 Å². The van der Waals surface area contributed by atoms with Gasteiger partial charge in [0, 0.05) is 11.0 Å². The first-order valence-corrected chi connectivity index (χ1v) is 10.1. The van der Waals surface area contributed by atoms with Gasteiger partial charge in [0.05, 0.1) is 0 Å². The van der Waals surface area contributed by atoms with Crippen LogP contribution in [0.4, 0.5) is 0 Å². The molecule has 0 radical (unpaired) electrons. The minimum Gasteiger partial charge on any atom is -0.505 e. The fourth-order valence-electron chi connectivity index (χ4n) is 4.22. The van der Waals surface area contributed by atoms with Crippen molar-refractivity contribution in [3.63, 3.8) is 0 Å². The maximum atomic E-state index is 11.2. The molecule has 0 saturated carbocycles. The van der Waals surface area contributed by atoms with Crippen LogP contribution in [0.3, 0.4) is 0 Å². The van der Waals surface area contributed by atoms with Crippen LogP contribution in [-0.2, 0) is 10.8 Å². The first kappa shape index (κ1) is 17.9. The molecule has 0 aliphatic carbocycles. The first-order valence-electron chi connectivity index (χ1n) is 10.1. The van der Waals surface area contributed by atoms with E-state index in [1.165, 1.54) is 11.1 Å². The molecule has 0 bridgehead atoms. The molecule has 0 amide bonds. The molecular formula is C25H27N3O. The monoisotopic (exact) mass is 385 g/mol. The lowest BCUT2D eigenvalue weighted by Crippen LogP contribution is -2.21. The lowest BCUT2D eigenvalue weighted by atomic mass is 9.75. The maximum absolute atomic E-state index is 11.2. The van der Waals surface area contributed by atoms with Crippen LogP contribution in [0.1, 0.15) is 51.3 Å². The predicted molar refractivity (Wildman–Crippen MR) is 118 cm³/mol. The Morgan fingerprint density at radius 1 is 0.690 bits per heavy atom. The molecule has 2 heterocycles. The first-order chi connectivity index (χ1) is 13.7. The van der Waals surface area contributed by atoms with Gasteiger partial charge in [0.25, 0.3) is 0 Å². The van der Waals surface area contributed by atoms with E-state index in [9.17, 15) is 5.11 Å². The lowest BCUT2D eigenvalue weighted by Gasteiger charge is -2.30. The van der Waals surface area contributed by atoms with Gasteiger partial charge in [-0.25, -0.2) is 0 Å². The van der Waals surface area contributed by atoms with Crippen LogP contribution in [0, 0.1) is 0 Å². The number of fused-ring (bicyclic) bond motifs is 4. The molecule has 4 nitrogen and oxygen atoms in total. The van der Waals surface area contributed by atoms with Gasteiger partial charge in [0.2, 0.25) is 0 Å². The predicted octanol–water partition coefficient (Wildman–Crippen LogP) is 5.75. The molecule has 0 aliphatic heterocycles. The summed E-state index contributed by atoms with van der Waals surface area (Å²) in [4.78, 5) is 2.06. The summed E-state index contributed by atoms with van der Waals surface area (Å²) < 4.78 is 4.19. The van der Waals surface area contributed by atoms with Crippen LogP contribution in [-0.4, -0.2) is 19.2 Å². The van der Waals surface area contributed by atoms with E-state index in [0.717, 1.165) is 22.3 Å². The average Bonchev–Trinajstić information content (AvgIpc) is 3.34. The van der Waals surface area contributed by atoms with E-state index in [1.54, 1.807) is 0 Å². The topological polar surface area (TPSA) is 34.0 Å². The highest BCUT2D eigenvalue weighted by molar-refractivity contribution is 5.79. The maximum Gasteiger partial charge on any atom is 0.146 e. The number of para-hydroxylation sites is 2. The Bertz CT molecular complexity index is 1270. The second-order valence-electron chi connectivity index (χ2n) is 9.49. The summed E-state index contributed by atoms with van der Waals surface area (Å²) in [7, 11) is 0. The molecule has 0 spiro atoms. The second-order valence-corrected chi connectivity index (χ2v) is 9.49. The highest BCUT2D eigenvalue weighted by Crippen LogP contribution is 2.42. The molecule has 0 fully saturated rings. The normalized spacial score (nSPS) is 13.1. The van der Waals surface area contributed by atoms with Gasteiger partial charge >= 0.3 is 0 Å². The van der Waals surface area contributed by atoms with Crippen molar-refractivity contribution in [2.45, 2.75) is 45.4 Å². The molecular weight excluding hydrogens is 358 g/mol. The minimum absolute atomic E-state index is 0.172. The quantitative estimate of drug-likeness (QED) is 0.421. The molecule has 1 N–H and O–H groups in total. The van der Waals surface area contributed by atoms with Crippen molar-refractivity contribution >= 4 is 11.0 Å². The second kappa shape index (κ2) is 5.69. The highest BCUT2D eigenvalue weighted by Gasteiger charge is 2.32. The van der Waals surface area contributed by atoms with Crippen LogP contribution in [0.5, 0.6) is 5.75 Å². The van der Waals surface area contributed by atoms with Gasteiger partial charge in [0.1, 0.15) is 22.5 Å². The third-order valence-corrected chi connectivity index (χ3v) is 6.15. The summed E-state index contributed by atoms with van der Waals surface area (Å²) >= 11 is 0. The molecule has 5 rings (SSSR count). The zero-order chi connectivity index (χ0) is 20.6. The number of phenolic OH excluding ortho intramolecular Hbond substituents is 1. The van der Waals surface area contributed by atoms with Crippen molar-refractivity contribution in [3.8, 4) is 11.4 Å². The van der Waals surface area contributed by atoms with Crippen LogP contribution >= 0.6 is 0 Å². The standard InChI is InChI=1S/C25H27N3O/c1-24(2,3)19-15-18(25(4,5)17-11-7-6-8-12-17)16-22(23(19)29)28-26-20-13-9-10-14-21(20)27(26)28/h6-16,29H,1-5H3. The van der Waals surface area contributed by atoms with Crippen molar-refractivity contribution < 1.29 is 5.11 Å². The third-order valence-electron chi connectivity index (χ3n) is 6.15. The average molecular weight is 386 g/mol. The molecule has 5 aromatic rings. The molecule has 148 valence electrons. The van der Waals surface area contributed by atoms with Gasteiger partial charge in [0.15, 0.2) is 0 Å². The van der Waals surface area contributed by atoms with Crippen LogP contribution in [0.15, 0.2) is 66.7 Å². The van der Waals surface area contributed by atoms with E-state index in [-0.39, 0.29) is 10.8 Å². The Balaban J connectivity index is 1.75. The lowest BCUT2D eigenvalue weighted by molar-refractivity contribution is 0.442. The third kappa shape index (κ3) is 2.52. The Hall–Kier alpha value is -3.14. The molecule has 3 aromatic carbocycles. The zero-order valence-electron chi connectivity index (χ0n) is 17.6. The van der Waals surface area contributed by atoms with Crippen molar-refractivity contribution in [2.24, 2.45) is 0 Å². The van der Waals surface area contributed by atoms with Gasteiger partial charge in [-0.2, -0.15) is 0 Å². The zero-order valence-corrected chi connectivity index (χ0v) is 17.6. The highest BCUT2D eigenvalue weighted by atomic mass is 16.3. The molecule has 29 heavy (non-hydrogen) atoms. The number of hydrogen-bond donors (Lipinski definition) is 1. The Morgan fingerprint density at radius 2 is 1.24 bits per heavy atom. The molecule has 0 unspecified atom stereocenters. The molecule has 0 atom stereocenters. The summed E-state index contributed by atoms with van der Waals surface area (Å²) in [6, 6.07) is 23.2. The van der Waals surface area contributed by atoms with E-state index in [0.29, 0.717) is 5.75 Å². The van der Waals surface area contributed by atoms with Gasteiger partial charge in [-0.3, -0.25) is 0 Å². The largest absolute Gasteiger partial charge is 0.505 e. The Morgan fingerprint density at radius 3 is 1.79 bits per heavy atom. The van der Waals surface area contributed by atoms with Crippen molar-refractivity contribution in [1.82, 2.24) is 14.1 Å². The van der Waals surface area contributed by atoms with Crippen LogP contribution < -0.4 is 0 Å². The fraction of sp³-hybridized carbons (Fsp3) is 0.280. The summed E-state index contributed by atoms with van der Waals surface area (Å²) in [5.41, 5.74) is 6.21. The van der Waals surface area contributed by atoms with Gasteiger partial charge < -0.3 is 5.11 Å². The van der Waals surface area contributed by atoms with Crippen molar-refractivity contribution in [2.75, 3.05) is 0 Å². The van der Waals surface area contributed by atoms with Crippen LogP contribution in [0.2, 0.25) is 0 Å². The van der Waals surface area contributed by atoms with Crippen molar-refractivity contribution in [1.29, 1.82) is 0 Å². The van der Waals surface area contributed by atoms with Gasteiger partial charge in [-0.15, -0.1) is 14.1 Å².